The Balaban J connectivity index is 3.12. The third kappa shape index (κ3) is 2.77. The van der Waals surface area contributed by atoms with Crippen LogP contribution in [-0.4, -0.2) is 25.5 Å². The number of benzene rings is 1. The summed E-state index contributed by atoms with van der Waals surface area (Å²) in [6, 6.07) is 3.04. The Morgan fingerprint density at radius 3 is 2.53 bits per heavy atom. The van der Waals surface area contributed by atoms with E-state index in [2.05, 4.69) is 4.74 Å². The summed E-state index contributed by atoms with van der Waals surface area (Å²) in [6.07, 6.45) is 0. The first kappa shape index (κ1) is 13.5. The highest BCUT2D eigenvalue weighted by Crippen LogP contribution is 2.30. The lowest BCUT2D eigenvalue weighted by atomic mass is 10.0. The summed E-state index contributed by atoms with van der Waals surface area (Å²) >= 11 is 5.99. The second-order valence-electron chi connectivity index (χ2n) is 3.30. The van der Waals surface area contributed by atoms with E-state index < -0.39 is 11.8 Å². The fourth-order valence-electron chi connectivity index (χ4n) is 1.37. The number of esters is 1. The fraction of sp³-hybridized carbons (Fsp3) is 0.333. The molecule has 0 saturated carbocycles. The number of hydrogen-bond acceptors (Lipinski definition) is 4. The maximum atomic E-state index is 11.7. The molecule has 0 spiro atoms. The zero-order chi connectivity index (χ0) is 13.0. The van der Waals surface area contributed by atoms with Crippen LogP contribution in [0.2, 0.25) is 5.02 Å². The monoisotopic (exact) mass is 256 g/mol. The van der Waals surface area contributed by atoms with Gasteiger partial charge in [-0.1, -0.05) is 11.6 Å². The van der Waals surface area contributed by atoms with Crippen molar-refractivity contribution in [1.29, 1.82) is 0 Å². The van der Waals surface area contributed by atoms with Crippen LogP contribution in [0.15, 0.2) is 12.1 Å². The van der Waals surface area contributed by atoms with E-state index in [9.17, 15) is 9.59 Å². The molecule has 0 amide bonds. The number of carbonyl (C=O) groups is 2. The maximum absolute atomic E-state index is 11.7. The molecule has 0 bridgehead atoms. The molecule has 0 N–H and O–H groups in total. The summed E-state index contributed by atoms with van der Waals surface area (Å²) in [5, 5.41) is 0.322. The molecular weight excluding hydrogens is 244 g/mol. The number of methoxy groups -OCH3 is 1. The van der Waals surface area contributed by atoms with Crippen molar-refractivity contribution < 1.29 is 19.1 Å². The Labute approximate surface area is 104 Å². The lowest BCUT2D eigenvalue weighted by Crippen LogP contribution is -2.18. The van der Waals surface area contributed by atoms with Crippen LogP contribution in [0.1, 0.15) is 22.8 Å². The quantitative estimate of drug-likeness (QED) is 0.472. The minimum absolute atomic E-state index is 0.160. The highest BCUT2D eigenvalue weighted by atomic mass is 35.5. The molecule has 17 heavy (non-hydrogen) atoms. The molecule has 0 aliphatic carbocycles. The Kier molecular flexibility index (Phi) is 4.52. The van der Waals surface area contributed by atoms with Gasteiger partial charge < -0.3 is 9.47 Å². The topological polar surface area (TPSA) is 52.6 Å². The molecule has 5 heteroatoms. The molecule has 0 unspecified atom stereocenters. The minimum atomic E-state index is -0.878. The first-order chi connectivity index (χ1) is 8.02. The first-order valence-electron chi connectivity index (χ1n) is 5.07. The molecule has 0 aliphatic heterocycles. The molecule has 0 radical (unpaired) electrons. The Morgan fingerprint density at radius 2 is 2.00 bits per heavy atom. The Morgan fingerprint density at radius 1 is 1.35 bits per heavy atom. The van der Waals surface area contributed by atoms with Crippen molar-refractivity contribution in [3.05, 3.63) is 28.3 Å². The number of halogens is 1. The molecule has 1 aromatic rings. The molecule has 1 aromatic carbocycles. The fourth-order valence-corrected chi connectivity index (χ4v) is 1.61. The van der Waals surface area contributed by atoms with Crippen LogP contribution in [0.25, 0.3) is 0 Å². The molecule has 0 aliphatic rings. The average Bonchev–Trinajstić information content (AvgIpc) is 2.32. The van der Waals surface area contributed by atoms with Crippen molar-refractivity contribution in [1.82, 2.24) is 0 Å². The molecule has 1 rings (SSSR count). The van der Waals surface area contributed by atoms with E-state index in [0.717, 1.165) is 0 Å². The van der Waals surface area contributed by atoms with Crippen molar-refractivity contribution in [3.8, 4) is 5.75 Å². The molecule has 0 heterocycles. The Hall–Kier alpha value is -1.55. The smallest absolute Gasteiger partial charge is 0.379 e. The highest BCUT2D eigenvalue weighted by molar-refractivity contribution is 6.42. The van der Waals surface area contributed by atoms with E-state index in [1.807, 2.05) is 0 Å². The van der Waals surface area contributed by atoms with E-state index in [1.165, 1.54) is 13.2 Å². The number of rotatable bonds is 4. The summed E-state index contributed by atoms with van der Waals surface area (Å²) in [5.41, 5.74) is 0.735. The van der Waals surface area contributed by atoms with E-state index in [1.54, 1.807) is 19.9 Å². The second-order valence-corrected chi connectivity index (χ2v) is 3.68. The van der Waals surface area contributed by atoms with Gasteiger partial charge in [-0.15, -0.1) is 0 Å². The lowest BCUT2D eigenvalue weighted by molar-refractivity contribution is -0.137. The molecule has 0 fully saturated rings. The van der Waals surface area contributed by atoms with Gasteiger partial charge in [0.25, 0.3) is 5.78 Å². The summed E-state index contributed by atoms with van der Waals surface area (Å²) in [6.45, 7) is 3.45. The predicted molar refractivity (Wildman–Crippen MR) is 63.7 cm³/mol. The minimum Gasteiger partial charge on any atom is -0.495 e. The number of Topliss-reactive ketones (excluding diaryl/α,β-unsaturated/α-hetero) is 1. The standard InChI is InChI=1S/C12H13ClO4/c1-4-17-12(15)11(14)8-5-6-9(16-3)10(13)7(8)2/h5-6H,4H2,1-3H3. The van der Waals surface area contributed by atoms with Crippen molar-refractivity contribution in [2.75, 3.05) is 13.7 Å². The van der Waals surface area contributed by atoms with Gasteiger partial charge in [-0.05, 0) is 31.5 Å². The third-order valence-electron chi connectivity index (χ3n) is 2.28. The second kappa shape index (κ2) is 5.68. The SMILES string of the molecule is CCOC(=O)C(=O)c1ccc(OC)c(Cl)c1C. The van der Waals surface area contributed by atoms with Crippen LogP contribution in [0.5, 0.6) is 5.75 Å². The van der Waals surface area contributed by atoms with Gasteiger partial charge >= 0.3 is 5.97 Å². The predicted octanol–water partition coefficient (Wildman–Crippen LogP) is 2.40. The summed E-state index contributed by atoms with van der Waals surface area (Å²) in [4.78, 5) is 23.0. The number of hydrogen-bond donors (Lipinski definition) is 0. The average molecular weight is 257 g/mol. The molecule has 0 atom stereocenters. The number of carbonyl (C=O) groups excluding carboxylic acids is 2. The van der Waals surface area contributed by atoms with Gasteiger partial charge in [0.15, 0.2) is 0 Å². The summed E-state index contributed by atoms with van der Waals surface area (Å²) in [7, 11) is 1.48. The van der Waals surface area contributed by atoms with Crippen LogP contribution >= 0.6 is 11.6 Å². The molecule has 0 saturated heterocycles. The summed E-state index contributed by atoms with van der Waals surface area (Å²) < 4.78 is 9.66. The van der Waals surface area contributed by atoms with Crippen molar-refractivity contribution in [3.63, 3.8) is 0 Å². The zero-order valence-electron chi connectivity index (χ0n) is 9.87. The van der Waals surface area contributed by atoms with Crippen molar-refractivity contribution in [2.24, 2.45) is 0 Å². The van der Waals surface area contributed by atoms with Crippen LogP contribution in [-0.2, 0) is 9.53 Å². The van der Waals surface area contributed by atoms with Gasteiger partial charge in [-0.25, -0.2) is 4.79 Å². The van der Waals surface area contributed by atoms with E-state index in [-0.39, 0.29) is 12.2 Å². The Bertz CT molecular complexity index is 454. The van der Waals surface area contributed by atoms with Gasteiger partial charge in [0.2, 0.25) is 0 Å². The normalized spacial score (nSPS) is 9.88. The number of ketones is 1. The van der Waals surface area contributed by atoms with Gasteiger partial charge in [-0.2, -0.15) is 0 Å². The van der Waals surface area contributed by atoms with Gasteiger partial charge in [0.05, 0.1) is 18.7 Å². The van der Waals surface area contributed by atoms with Gasteiger partial charge in [0, 0.05) is 5.56 Å². The van der Waals surface area contributed by atoms with E-state index in [0.29, 0.717) is 16.3 Å². The first-order valence-corrected chi connectivity index (χ1v) is 5.45. The van der Waals surface area contributed by atoms with Crippen molar-refractivity contribution in [2.45, 2.75) is 13.8 Å². The van der Waals surface area contributed by atoms with E-state index in [4.69, 9.17) is 16.3 Å². The van der Waals surface area contributed by atoms with Gasteiger partial charge in [0.1, 0.15) is 5.75 Å². The molecular formula is C12H13ClO4. The number of ether oxygens (including phenoxy) is 2. The lowest BCUT2D eigenvalue weighted by Gasteiger charge is -2.09. The van der Waals surface area contributed by atoms with Crippen LogP contribution in [0.4, 0.5) is 0 Å². The van der Waals surface area contributed by atoms with Crippen LogP contribution in [0.3, 0.4) is 0 Å². The maximum Gasteiger partial charge on any atom is 0.379 e. The van der Waals surface area contributed by atoms with Crippen LogP contribution < -0.4 is 4.74 Å². The largest absolute Gasteiger partial charge is 0.495 e. The van der Waals surface area contributed by atoms with Crippen molar-refractivity contribution >= 4 is 23.4 Å². The molecule has 92 valence electrons. The third-order valence-corrected chi connectivity index (χ3v) is 2.75. The zero-order valence-corrected chi connectivity index (χ0v) is 10.6. The summed E-state index contributed by atoms with van der Waals surface area (Å²) in [5.74, 6) is -1.12. The van der Waals surface area contributed by atoms with Gasteiger partial charge in [-0.3, -0.25) is 4.79 Å². The highest BCUT2D eigenvalue weighted by Gasteiger charge is 2.21. The van der Waals surface area contributed by atoms with Crippen LogP contribution in [0, 0.1) is 6.92 Å². The van der Waals surface area contributed by atoms with E-state index >= 15 is 0 Å². The molecule has 4 nitrogen and oxygen atoms in total. The molecule has 0 aromatic heterocycles.